The van der Waals surface area contributed by atoms with Crippen LogP contribution >= 0.6 is 0 Å². The first-order valence-electron chi connectivity index (χ1n) is 4.73. The summed E-state index contributed by atoms with van der Waals surface area (Å²) in [5.41, 5.74) is 5.24. The summed E-state index contributed by atoms with van der Waals surface area (Å²) in [4.78, 5) is 20.6. The summed E-state index contributed by atoms with van der Waals surface area (Å²) in [7, 11) is 0. The first-order valence-corrected chi connectivity index (χ1v) is 4.73. The van der Waals surface area contributed by atoms with Gasteiger partial charge in [-0.3, -0.25) is 14.0 Å². The molecule has 0 aromatic heterocycles. The van der Waals surface area contributed by atoms with Gasteiger partial charge >= 0.3 is 11.9 Å². The number of carboxylic acid groups (broad SMARTS) is 2. The molecule has 0 saturated carbocycles. The van der Waals surface area contributed by atoms with Crippen LogP contribution in [0.25, 0.3) is 0 Å². The lowest BCUT2D eigenvalue weighted by Crippen LogP contribution is -2.32. The number of hydrogen-bond acceptors (Lipinski definition) is 3. The highest BCUT2D eigenvalue weighted by atomic mass is 18.2. The topological polar surface area (TPSA) is 101 Å². The second-order valence-corrected chi connectivity index (χ2v) is 3.49. The molecule has 0 aromatic carbocycles. The molecule has 0 spiro atoms. The maximum absolute atomic E-state index is 12.4. The van der Waals surface area contributed by atoms with Gasteiger partial charge in [-0.15, -0.1) is 0 Å². The van der Waals surface area contributed by atoms with E-state index in [-0.39, 0.29) is 12.8 Å². The van der Waals surface area contributed by atoms with Crippen LogP contribution in [0.4, 0.5) is 4.39 Å². The third-order valence-corrected chi connectivity index (χ3v) is 2.13. The van der Waals surface area contributed by atoms with E-state index in [1.54, 1.807) is 0 Å². The van der Waals surface area contributed by atoms with Crippen molar-refractivity contribution in [3.05, 3.63) is 0 Å². The van der Waals surface area contributed by atoms with Crippen LogP contribution in [-0.4, -0.2) is 34.9 Å². The van der Waals surface area contributed by atoms with E-state index in [9.17, 15) is 14.0 Å². The van der Waals surface area contributed by atoms with E-state index in [2.05, 4.69) is 0 Å². The lowest BCUT2D eigenvalue weighted by molar-refractivity contribution is -0.139. The third kappa shape index (κ3) is 6.84. The molecular formula is C9H16FNO4. The molecule has 2 atom stereocenters. The van der Waals surface area contributed by atoms with Gasteiger partial charge < -0.3 is 15.9 Å². The van der Waals surface area contributed by atoms with Gasteiger partial charge in [0.05, 0.1) is 6.67 Å². The van der Waals surface area contributed by atoms with Crippen molar-refractivity contribution < 1.29 is 24.2 Å². The Morgan fingerprint density at radius 1 is 1.33 bits per heavy atom. The SMILES string of the molecule is NC(CC(C[18F])CCCC(=O)O)C(=O)O. The first kappa shape index (κ1) is 13.8. The van der Waals surface area contributed by atoms with Crippen LogP contribution in [-0.2, 0) is 9.59 Å². The number of aliphatic carboxylic acids is 2. The molecule has 0 rings (SSSR count). The molecule has 0 aromatic rings. The summed E-state index contributed by atoms with van der Waals surface area (Å²) in [5.74, 6) is -2.56. The van der Waals surface area contributed by atoms with Crippen LogP contribution in [0.1, 0.15) is 25.7 Å². The van der Waals surface area contributed by atoms with Crippen LogP contribution in [0.15, 0.2) is 0 Å². The lowest BCUT2D eigenvalue weighted by Gasteiger charge is -2.14. The largest absolute Gasteiger partial charge is 0.481 e. The van der Waals surface area contributed by atoms with E-state index in [4.69, 9.17) is 15.9 Å². The smallest absolute Gasteiger partial charge is 0.320 e. The van der Waals surface area contributed by atoms with Gasteiger partial charge in [-0.2, -0.15) is 0 Å². The molecule has 0 aliphatic heterocycles. The van der Waals surface area contributed by atoms with Gasteiger partial charge in [-0.25, -0.2) is 0 Å². The second kappa shape index (κ2) is 7.17. The van der Waals surface area contributed by atoms with Gasteiger partial charge in [0.15, 0.2) is 0 Å². The molecule has 0 heterocycles. The molecule has 0 amide bonds. The Kier molecular flexibility index (Phi) is 6.61. The fourth-order valence-electron chi connectivity index (χ4n) is 1.26. The van der Waals surface area contributed by atoms with Crippen LogP contribution < -0.4 is 5.73 Å². The Bertz CT molecular complexity index is 222. The molecule has 6 heteroatoms. The maximum atomic E-state index is 12.4. The Hall–Kier alpha value is -1.17. The van der Waals surface area contributed by atoms with Gasteiger partial charge in [-0.1, -0.05) is 0 Å². The van der Waals surface area contributed by atoms with Crippen molar-refractivity contribution in [3.63, 3.8) is 0 Å². The molecule has 2 unspecified atom stereocenters. The number of nitrogens with two attached hydrogens (primary N) is 1. The highest BCUT2D eigenvalue weighted by Crippen LogP contribution is 2.15. The summed E-state index contributed by atoms with van der Waals surface area (Å²) in [6.07, 6.45) is 0.713. The summed E-state index contributed by atoms with van der Waals surface area (Å²) in [5, 5.41) is 16.9. The summed E-state index contributed by atoms with van der Waals surface area (Å²) in [6, 6.07) is -1.07. The van der Waals surface area contributed by atoms with E-state index in [0.29, 0.717) is 12.8 Å². The van der Waals surface area contributed by atoms with Gasteiger partial charge in [0.2, 0.25) is 0 Å². The number of rotatable bonds is 8. The Morgan fingerprint density at radius 3 is 2.33 bits per heavy atom. The fraction of sp³-hybridized carbons (Fsp3) is 0.778. The molecule has 0 fully saturated rings. The van der Waals surface area contributed by atoms with E-state index >= 15 is 0 Å². The molecular weight excluding hydrogens is 204 g/mol. The van der Waals surface area contributed by atoms with E-state index in [1.165, 1.54) is 0 Å². The molecule has 5 nitrogen and oxygen atoms in total. The predicted molar refractivity (Wildman–Crippen MR) is 51.2 cm³/mol. The molecule has 0 aliphatic rings. The highest BCUT2D eigenvalue weighted by molar-refractivity contribution is 5.73. The van der Waals surface area contributed by atoms with Gasteiger partial charge in [0.1, 0.15) is 6.04 Å². The van der Waals surface area contributed by atoms with Crippen molar-refractivity contribution in [1.29, 1.82) is 0 Å². The predicted octanol–water partition coefficient (Wildman–Crippen LogP) is 0.629. The monoisotopic (exact) mass is 220 g/mol. The quantitative estimate of drug-likeness (QED) is 0.557. The molecule has 4 N–H and O–H groups in total. The Balaban J connectivity index is 3.82. The minimum Gasteiger partial charge on any atom is -0.481 e. The van der Waals surface area contributed by atoms with E-state index in [0.717, 1.165) is 0 Å². The summed E-state index contributed by atoms with van der Waals surface area (Å²) in [6.45, 7) is -0.666. The lowest BCUT2D eigenvalue weighted by atomic mass is 9.96. The van der Waals surface area contributed by atoms with Crippen molar-refractivity contribution in [1.82, 2.24) is 0 Å². The van der Waals surface area contributed by atoms with Crippen molar-refractivity contribution in [3.8, 4) is 0 Å². The number of halogens is 1. The highest BCUT2D eigenvalue weighted by Gasteiger charge is 2.18. The number of carbonyl (C=O) groups is 2. The van der Waals surface area contributed by atoms with Gasteiger partial charge in [0.25, 0.3) is 0 Å². The minimum atomic E-state index is -1.16. The summed E-state index contributed by atoms with van der Waals surface area (Å²) < 4.78 is 12.4. The first-order chi connectivity index (χ1) is 6.97. The Labute approximate surface area is 87.1 Å². The van der Waals surface area contributed by atoms with Crippen molar-refractivity contribution in [2.75, 3.05) is 6.67 Å². The standard InChI is InChI=1S/C9H16FNO4/c10-5-6(2-1-3-8(12)13)4-7(11)9(14)15/h6-7H,1-5,11H2,(H,12,13)(H,14,15)/i10-1. The minimum absolute atomic E-state index is 0.0290. The number of hydrogen-bond donors (Lipinski definition) is 3. The van der Waals surface area contributed by atoms with Crippen LogP contribution in [0.2, 0.25) is 0 Å². The number of alkyl halides is 1. The molecule has 0 bridgehead atoms. The fourth-order valence-corrected chi connectivity index (χ4v) is 1.26. The van der Waals surface area contributed by atoms with Crippen molar-refractivity contribution >= 4 is 11.9 Å². The Morgan fingerprint density at radius 2 is 1.93 bits per heavy atom. The van der Waals surface area contributed by atoms with Crippen LogP contribution in [0.3, 0.4) is 0 Å². The zero-order valence-corrected chi connectivity index (χ0v) is 8.36. The molecule has 15 heavy (non-hydrogen) atoms. The third-order valence-electron chi connectivity index (χ3n) is 2.13. The zero-order valence-electron chi connectivity index (χ0n) is 8.36. The molecule has 0 radical (unpaired) electrons. The van der Waals surface area contributed by atoms with Gasteiger partial charge in [0, 0.05) is 6.42 Å². The molecule has 0 aliphatic carbocycles. The average Bonchev–Trinajstić information content (AvgIpc) is 2.15. The second-order valence-electron chi connectivity index (χ2n) is 3.49. The van der Waals surface area contributed by atoms with Crippen LogP contribution in [0, 0.1) is 5.92 Å². The van der Waals surface area contributed by atoms with Gasteiger partial charge in [-0.05, 0) is 25.2 Å². The van der Waals surface area contributed by atoms with E-state index in [1.807, 2.05) is 0 Å². The maximum Gasteiger partial charge on any atom is 0.320 e. The summed E-state index contributed by atoms with van der Waals surface area (Å²) >= 11 is 0. The van der Waals surface area contributed by atoms with Crippen molar-refractivity contribution in [2.45, 2.75) is 31.7 Å². The normalized spacial score (nSPS) is 14.5. The molecule has 0 saturated heterocycles. The zero-order chi connectivity index (χ0) is 11.8. The molecule has 88 valence electrons. The number of carboxylic acids is 2. The average molecular weight is 220 g/mol. The van der Waals surface area contributed by atoms with Crippen LogP contribution in [0.5, 0.6) is 0 Å². The van der Waals surface area contributed by atoms with Crippen molar-refractivity contribution in [2.24, 2.45) is 11.7 Å². The van der Waals surface area contributed by atoms with E-state index < -0.39 is 30.6 Å².